The first kappa shape index (κ1) is 78.7. The van der Waals surface area contributed by atoms with Gasteiger partial charge in [0.1, 0.15) is 30.1 Å². The Morgan fingerprint density at radius 1 is 0.694 bits per heavy atom. The lowest BCUT2D eigenvalue weighted by atomic mass is 10.0. The zero-order valence-corrected chi connectivity index (χ0v) is 61.6. The number of carbonyl (C=O) groups excluding carboxylic acids is 12. The number of hydrogen-bond donors (Lipinski definition) is 8. The highest BCUT2D eigenvalue weighted by molar-refractivity contribution is 7.98. The predicted molar refractivity (Wildman–Crippen MR) is 396 cm³/mol. The van der Waals surface area contributed by atoms with Gasteiger partial charge in [-0.2, -0.15) is 0 Å². The maximum atomic E-state index is 14.3. The fraction of sp³-hybridized carbons (Fsp3) is 0.365. The molecule has 34 heteroatoms. The first-order valence-corrected chi connectivity index (χ1v) is 35.8. The fourth-order valence-electron chi connectivity index (χ4n) is 12.2. The zero-order valence-electron chi connectivity index (χ0n) is 60.8. The molecule has 1 unspecified atom stereocenters. The number of aromatic nitrogens is 5. The maximum absolute atomic E-state index is 14.3. The molecule has 3 aliphatic rings. The molecule has 33 nitrogen and oxygen atoms in total. The summed E-state index contributed by atoms with van der Waals surface area (Å²) in [5.41, 5.74) is 3.36. The molecule has 7 aromatic rings. The zero-order chi connectivity index (χ0) is 77.6. The highest BCUT2D eigenvalue weighted by Crippen LogP contribution is 2.42. The molecule has 4 atom stereocenters. The van der Waals surface area contributed by atoms with Gasteiger partial charge in [-0.3, -0.25) is 62.2 Å². The van der Waals surface area contributed by atoms with Gasteiger partial charge in [0.15, 0.2) is 23.5 Å². The minimum atomic E-state index is -1.62. The van der Waals surface area contributed by atoms with Crippen LogP contribution < -0.4 is 51.6 Å². The van der Waals surface area contributed by atoms with E-state index in [9.17, 15) is 62.6 Å². The van der Waals surface area contributed by atoms with Crippen molar-refractivity contribution < 1.29 is 86.3 Å². The predicted octanol–water partition coefficient (Wildman–Crippen LogP) is 5.46. The number of rotatable bonds is 33. The molecule has 8 N–H and O–H groups in total. The molecule has 1 fully saturated rings. The van der Waals surface area contributed by atoms with E-state index in [4.69, 9.17) is 23.7 Å². The maximum Gasteiger partial charge on any atom is 0.416 e. The number of imidazole rings is 1. The van der Waals surface area contributed by atoms with Gasteiger partial charge in [0.2, 0.25) is 35.4 Å². The van der Waals surface area contributed by atoms with Crippen LogP contribution in [0.5, 0.6) is 11.5 Å². The Hall–Kier alpha value is -11.9. The number of aryl methyl sites for hydroxylation is 3. The fourth-order valence-corrected chi connectivity index (χ4v) is 12.6. The molecule has 0 radical (unpaired) electrons. The SMILES string of the molecule is C=C1CC2[C@@H](O)N(C(=O)OCc3ccc(NC(=O)[C@H](C)NC(=O)[C@@H](NC(=O)CCOCCOCCNC(=O)CCN4C(=O)C=CC4=O)C(C)C)cc3)c3cc(OCCCC(=O)Nc4cn(C)c(C(=O)Nc5cc(C(=O)Nc6cc(C(=O)n7ccc8cc(SC)ccc87)n(C)c6)n(C)c5)n4)c(OC)cc3C(=O)N2C1. The van der Waals surface area contributed by atoms with Gasteiger partial charge >= 0.3 is 6.09 Å². The Kier molecular flexibility index (Phi) is 25.9. The van der Waals surface area contributed by atoms with Crippen molar-refractivity contribution in [2.75, 3.05) is 92.2 Å². The van der Waals surface area contributed by atoms with Crippen LogP contribution in [0.25, 0.3) is 10.9 Å². The average molecular weight is 1500 g/mol. The molecule has 108 heavy (non-hydrogen) atoms. The van der Waals surface area contributed by atoms with E-state index in [0.29, 0.717) is 28.2 Å². The van der Waals surface area contributed by atoms with Gasteiger partial charge in [-0.1, -0.05) is 38.1 Å². The van der Waals surface area contributed by atoms with Gasteiger partial charge in [-0.15, -0.1) is 11.8 Å². The van der Waals surface area contributed by atoms with Crippen LogP contribution in [0.1, 0.15) is 100 Å². The largest absolute Gasteiger partial charge is 0.493 e. The number of anilines is 5. The standard InChI is InChI=1S/C74H85N15O18S/c1-42(2)65(82-62(92)22-27-104-29-30-105-28-23-75-60(90)21-25-87-63(93)18-19-64(87)94)69(97)76-44(4)67(95)77-47-14-12-45(13-15-47)41-107-74(102)89-53-36-58(57(103-8)35-51(53)71(99)88-37-43(3)31-56(88)73(89)101)106-26-10-11-61(91)80-59-40-85(7)66(81-59)70(98)79-48-33-54(83(5)38-48)68(96)78-49-34-55(84(6)39-49)72(100)86-24-20-46-32-50(108-9)16-17-52(46)86/h12-20,24,32-36,38-40,42,44,56,65,73,101H,3,10-11,21-23,25-31,37,41H2,1-2,4-9H3,(H,75,90)(H,76,97)(H,77,95)(H,78,96)(H,79,98)(H,80,91)(H,82,92)/t44-,56?,65-,73+/m0/s1. The third-order valence-corrected chi connectivity index (χ3v) is 18.6. The number of ether oxygens (including phenoxy) is 5. The van der Waals surface area contributed by atoms with Crippen LogP contribution in [0.4, 0.5) is 33.4 Å². The summed E-state index contributed by atoms with van der Waals surface area (Å²) < 4.78 is 34.6. The van der Waals surface area contributed by atoms with Gasteiger partial charge < -0.3 is 84.6 Å². The van der Waals surface area contributed by atoms with Crippen LogP contribution >= 0.6 is 11.8 Å². The van der Waals surface area contributed by atoms with Crippen LogP contribution in [0.15, 0.2) is 127 Å². The molecular weight excluding hydrogens is 1420 g/mol. The van der Waals surface area contributed by atoms with Crippen molar-refractivity contribution in [2.24, 2.45) is 27.1 Å². The molecule has 0 aliphatic carbocycles. The summed E-state index contributed by atoms with van der Waals surface area (Å²) in [5, 5.41) is 31.9. The summed E-state index contributed by atoms with van der Waals surface area (Å²) in [7, 11) is 6.28. The second-order valence-corrected chi connectivity index (χ2v) is 27.0. The molecule has 570 valence electrons. The lowest BCUT2D eigenvalue weighted by molar-refractivity contribution is -0.137. The number of fused-ring (bicyclic) bond motifs is 3. The van der Waals surface area contributed by atoms with Crippen molar-refractivity contribution in [1.29, 1.82) is 0 Å². The highest BCUT2D eigenvalue weighted by Gasteiger charge is 2.46. The number of imide groups is 1. The van der Waals surface area contributed by atoms with Crippen molar-refractivity contribution in [2.45, 2.75) is 88.7 Å². The molecule has 11 amide bonds. The second-order valence-electron chi connectivity index (χ2n) is 26.1. The van der Waals surface area contributed by atoms with Gasteiger partial charge in [-0.05, 0) is 92.1 Å². The number of amides is 11. The van der Waals surface area contributed by atoms with E-state index in [2.05, 4.69) is 48.8 Å². The summed E-state index contributed by atoms with van der Waals surface area (Å²) in [6.07, 6.45) is 8.11. The second kappa shape index (κ2) is 35.5. The van der Waals surface area contributed by atoms with Crippen molar-refractivity contribution in [3.05, 3.63) is 150 Å². The van der Waals surface area contributed by atoms with Crippen molar-refractivity contribution in [3.8, 4) is 11.5 Å². The van der Waals surface area contributed by atoms with Crippen LogP contribution in [0, 0.1) is 5.92 Å². The van der Waals surface area contributed by atoms with Crippen LogP contribution in [0.3, 0.4) is 0 Å². The van der Waals surface area contributed by atoms with E-state index in [1.807, 2.05) is 30.5 Å². The Morgan fingerprint density at radius 3 is 2.09 bits per heavy atom. The molecule has 7 heterocycles. The number of nitrogens with zero attached hydrogens (tertiary/aromatic N) is 8. The number of thioether (sulfide) groups is 1. The number of aliphatic hydroxyl groups is 1. The van der Waals surface area contributed by atoms with E-state index in [-0.39, 0.29) is 155 Å². The van der Waals surface area contributed by atoms with E-state index < -0.39 is 83.6 Å². The van der Waals surface area contributed by atoms with E-state index in [1.165, 1.54) is 52.5 Å². The van der Waals surface area contributed by atoms with Gasteiger partial charge in [0.05, 0.1) is 74.3 Å². The number of aliphatic hydroxyl groups excluding tert-OH is 1. The minimum absolute atomic E-state index is 0.00539. The van der Waals surface area contributed by atoms with Crippen LogP contribution in [-0.4, -0.2) is 200 Å². The van der Waals surface area contributed by atoms with E-state index in [0.717, 1.165) is 37.8 Å². The molecule has 3 aliphatic heterocycles. The van der Waals surface area contributed by atoms with E-state index >= 15 is 0 Å². The third-order valence-electron chi connectivity index (χ3n) is 17.9. The Labute approximate surface area is 624 Å². The first-order valence-electron chi connectivity index (χ1n) is 34.6. The Bertz CT molecular complexity index is 4650. The monoisotopic (exact) mass is 1500 g/mol. The van der Waals surface area contributed by atoms with Crippen molar-refractivity contribution >= 4 is 122 Å². The molecular formula is C74H85N15O18S. The lowest BCUT2D eigenvalue weighted by Crippen LogP contribution is -2.53. The summed E-state index contributed by atoms with van der Waals surface area (Å²) in [6, 6.07) is 16.9. The van der Waals surface area contributed by atoms with Gasteiger partial charge in [-0.25, -0.2) is 14.7 Å². The molecule has 0 spiro atoms. The molecule has 0 saturated carbocycles. The minimum Gasteiger partial charge on any atom is -0.493 e. The summed E-state index contributed by atoms with van der Waals surface area (Å²) >= 11 is 1.61. The molecule has 4 aromatic heterocycles. The third kappa shape index (κ3) is 19.2. The number of carbonyl (C=O) groups is 12. The molecule has 3 aromatic carbocycles. The Balaban J connectivity index is 0.664. The van der Waals surface area contributed by atoms with Crippen LogP contribution in [0.2, 0.25) is 0 Å². The first-order chi connectivity index (χ1) is 51.7. The number of benzene rings is 3. The topological polar surface area (TPSA) is 398 Å². The summed E-state index contributed by atoms with van der Waals surface area (Å²) in [4.78, 5) is 166. The smallest absolute Gasteiger partial charge is 0.416 e. The quantitative estimate of drug-likeness (QED) is 0.0110. The molecule has 10 rings (SSSR count). The molecule has 1 saturated heterocycles. The average Bonchev–Trinajstić information content (AvgIpc) is 1.59. The Morgan fingerprint density at radius 2 is 1.39 bits per heavy atom. The summed E-state index contributed by atoms with van der Waals surface area (Å²) in [6.45, 7) is 9.39. The lowest BCUT2D eigenvalue weighted by Gasteiger charge is -2.31. The number of nitrogens with one attached hydrogen (secondary N) is 7. The van der Waals surface area contributed by atoms with Crippen molar-refractivity contribution in [1.82, 2.24) is 49.0 Å². The van der Waals surface area contributed by atoms with Crippen LogP contribution in [-0.2, 0) is 75.5 Å². The van der Waals surface area contributed by atoms with Gasteiger partial charge in [0.25, 0.3) is 35.4 Å². The summed E-state index contributed by atoms with van der Waals surface area (Å²) in [5.74, 6) is -5.46. The van der Waals surface area contributed by atoms with Gasteiger partial charge in [0, 0.05) is 119 Å². The number of methoxy groups -OCH3 is 1. The highest BCUT2D eigenvalue weighted by atomic mass is 32.2. The normalized spacial score (nSPS) is 15.1. The van der Waals surface area contributed by atoms with E-state index in [1.54, 1.807) is 105 Å². The van der Waals surface area contributed by atoms with Crippen molar-refractivity contribution in [3.63, 3.8) is 0 Å². The molecule has 0 bridgehead atoms. The number of hydrogen-bond acceptors (Lipinski definition) is 20.